The molecule has 0 spiro atoms. The lowest BCUT2D eigenvalue weighted by atomic mass is 10.1. The largest absolute Gasteiger partial charge is 0.484 e. The number of nitrogens with one attached hydrogen (secondary N) is 1. The lowest BCUT2D eigenvalue weighted by Crippen LogP contribution is -2.39. The molecule has 5 nitrogen and oxygen atoms in total. The molecule has 0 radical (unpaired) electrons. The quantitative estimate of drug-likeness (QED) is 0.849. The molecule has 0 saturated carbocycles. The first-order valence-electron chi connectivity index (χ1n) is 6.58. The predicted octanol–water partition coefficient (Wildman–Crippen LogP) is 1.55. The lowest BCUT2D eigenvalue weighted by Gasteiger charge is -2.16. The molecule has 0 aliphatic carbocycles. The van der Waals surface area contributed by atoms with Crippen molar-refractivity contribution in [3.8, 4) is 5.75 Å². The molecule has 2 aromatic rings. The summed E-state index contributed by atoms with van der Waals surface area (Å²) in [6.45, 7) is -0.303. The van der Waals surface area contributed by atoms with Crippen molar-refractivity contribution < 1.29 is 18.7 Å². The fourth-order valence-corrected chi connectivity index (χ4v) is 1.85. The fraction of sp³-hybridized carbons (Fsp3) is 0.125. The minimum Gasteiger partial charge on any atom is -0.484 e. The number of nitrogens with two attached hydrogens (primary N) is 1. The monoisotopic (exact) mass is 302 g/mol. The Kier molecular flexibility index (Phi) is 5.08. The van der Waals surface area contributed by atoms with Crippen molar-refractivity contribution >= 4 is 11.8 Å². The summed E-state index contributed by atoms with van der Waals surface area (Å²) in [6, 6.07) is 13.0. The topological polar surface area (TPSA) is 81.4 Å². The highest BCUT2D eigenvalue weighted by atomic mass is 19.1. The number of hydrogen-bond acceptors (Lipinski definition) is 3. The van der Waals surface area contributed by atoms with E-state index in [0.29, 0.717) is 11.3 Å². The number of benzene rings is 2. The van der Waals surface area contributed by atoms with Gasteiger partial charge in [-0.25, -0.2) is 4.39 Å². The molecule has 0 saturated heterocycles. The number of rotatable bonds is 6. The van der Waals surface area contributed by atoms with Gasteiger partial charge in [0.2, 0.25) is 5.91 Å². The van der Waals surface area contributed by atoms with E-state index >= 15 is 0 Å². The third-order valence-electron chi connectivity index (χ3n) is 2.91. The molecule has 6 heteroatoms. The normalized spacial score (nSPS) is 11.5. The Morgan fingerprint density at radius 3 is 2.32 bits per heavy atom. The SMILES string of the molecule is NC(=O)C(NC(=O)COc1ccc(F)cc1)c1ccccc1. The molecule has 1 atom stereocenters. The van der Waals surface area contributed by atoms with Crippen LogP contribution in [0.2, 0.25) is 0 Å². The van der Waals surface area contributed by atoms with Gasteiger partial charge in [0.25, 0.3) is 5.91 Å². The van der Waals surface area contributed by atoms with E-state index in [1.807, 2.05) is 0 Å². The molecular formula is C16H15FN2O3. The first-order valence-corrected chi connectivity index (χ1v) is 6.58. The Labute approximate surface area is 126 Å². The summed E-state index contributed by atoms with van der Waals surface area (Å²) in [6.07, 6.45) is 0. The smallest absolute Gasteiger partial charge is 0.258 e. The molecule has 0 bridgehead atoms. The first-order chi connectivity index (χ1) is 10.6. The number of hydrogen-bond donors (Lipinski definition) is 2. The van der Waals surface area contributed by atoms with Gasteiger partial charge >= 0.3 is 0 Å². The van der Waals surface area contributed by atoms with Crippen molar-refractivity contribution in [2.45, 2.75) is 6.04 Å². The van der Waals surface area contributed by atoms with Crippen LogP contribution >= 0.6 is 0 Å². The average Bonchev–Trinajstić information content (AvgIpc) is 2.52. The van der Waals surface area contributed by atoms with Crippen LogP contribution in [-0.2, 0) is 9.59 Å². The van der Waals surface area contributed by atoms with E-state index in [-0.39, 0.29) is 6.61 Å². The van der Waals surface area contributed by atoms with Gasteiger partial charge in [-0.3, -0.25) is 9.59 Å². The van der Waals surface area contributed by atoms with Gasteiger partial charge < -0.3 is 15.8 Å². The second-order valence-electron chi connectivity index (χ2n) is 4.56. The zero-order valence-corrected chi connectivity index (χ0v) is 11.7. The minimum atomic E-state index is -0.925. The average molecular weight is 302 g/mol. The van der Waals surface area contributed by atoms with Gasteiger partial charge in [0.1, 0.15) is 17.6 Å². The van der Waals surface area contributed by atoms with Gasteiger partial charge in [-0.1, -0.05) is 30.3 Å². The molecule has 3 N–H and O–H groups in total. The van der Waals surface area contributed by atoms with Crippen LogP contribution in [0.15, 0.2) is 54.6 Å². The standard InChI is InChI=1S/C16H15FN2O3/c17-12-6-8-13(9-7-12)22-10-14(20)19-15(16(18)21)11-4-2-1-3-5-11/h1-9,15H,10H2,(H2,18,21)(H,19,20). The molecule has 0 aliphatic heterocycles. The molecule has 2 aromatic carbocycles. The predicted molar refractivity (Wildman–Crippen MR) is 78.4 cm³/mol. The summed E-state index contributed by atoms with van der Waals surface area (Å²) < 4.78 is 18.0. The summed E-state index contributed by atoms with van der Waals surface area (Å²) in [5.74, 6) is -1.21. The van der Waals surface area contributed by atoms with Crippen molar-refractivity contribution in [3.05, 3.63) is 66.0 Å². The Morgan fingerprint density at radius 1 is 1.09 bits per heavy atom. The summed E-state index contributed by atoms with van der Waals surface area (Å²) in [7, 11) is 0. The summed E-state index contributed by atoms with van der Waals surface area (Å²) >= 11 is 0. The van der Waals surface area contributed by atoms with Gasteiger partial charge in [0, 0.05) is 0 Å². The van der Waals surface area contributed by atoms with Crippen LogP contribution in [0.4, 0.5) is 4.39 Å². The van der Waals surface area contributed by atoms with Crippen molar-refractivity contribution in [2.75, 3.05) is 6.61 Å². The highest BCUT2D eigenvalue weighted by Gasteiger charge is 2.20. The molecule has 2 rings (SSSR count). The van der Waals surface area contributed by atoms with Crippen molar-refractivity contribution in [3.63, 3.8) is 0 Å². The van der Waals surface area contributed by atoms with Crippen LogP contribution in [0.3, 0.4) is 0 Å². The van der Waals surface area contributed by atoms with Crippen LogP contribution < -0.4 is 15.8 Å². The zero-order valence-electron chi connectivity index (χ0n) is 11.7. The molecule has 1 unspecified atom stereocenters. The minimum absolute atomic E-state index is 0.303. The van der Waals surface area contributed by atoms with Crippen molar-refractivity contribution in [1.29, 1.82) is 0 Å². The number of carbonyl (C=O) groups is 2. The maximum Gasteiger partial charge on any atom is 0.258 e. The van der Waals surface area contributed by atoms with E-state index in [9.17, 15) is 14.0 Å². The van der Waals surface area contributed by atoms with E-state index in [0.717, 1.165) is 0 Å². The lowest BCUT2D eigenvalue weighted by molar-refractivity contribution is -0.128. The molecule has 0 heterocycles. The summed E-state index contributed by atoms with van der Waals surface area (Å²) in [5.41, 5.74) is 5.89. The molecule has 0 fully saturated rings. The molecular weight excluding hydrogens is 287 g/mol. The third kappa shape index (κ3) is 4.31. The Morgan fingerprint density at radius 2 is 1.73 bits per heavy atom. The van der Waals surface area contributed by atoms with Crippen LogP contribution in [-0.4, -0.2) is 18.4 Å². The van der Waals surface area contributed by atoms with E-state index in [4.69, 9.17) is 10.5 Å². The van der Waals surface area contributed by atoms with Crippen LogP contribution in [0, 0.1) is 5.82 Å². The summed E-state index contributed by atoms with van der Waals surface area (Å²) in [5, 5.41) is 2.50. The number of carbonyl (C=O) groups excluding carboxylic acids is 2. The Bertz CT molecular complexity index is 644. The maximum absolute atomic E-state index is 12.7. The van der Waals surface area contributed by atoms with Crippen LogP contribution in [0.5, 0.6) is 5.75 Å². The second-order valence-corrected chi connectivity index (χ2v) is 4.56. The first kappa shape index (κ1) is 15.5. The third-order valence-corrected chi connectivity index (χ3v) is 2.91. The van der Waals surface area contributed by atoms with E-state index in [2.05, 4.69) is 5.32 Å². The number of amides is 2. The Hall–Kier alpha value is -2.89. The van der Waals surface area contributed by atoms with Crippen LogP contribution in [0.25, 0.3) is 0 Å². The molecule has 2 amide bonds. The number of halogens is 1. The van der Waals surface area contributed by atoms with E-state index < -0.39 is 23.7 Å². The summed E-state index contributed by atoms with van der Waals surface area (Å²) in [4.78, 5) is 23.3. The van der Waals surface area contributed by atoms with Crippen LogP contribution in [0.1, 0.15) is 11.6 Å². The van der Waals surface area contributed by atoms with Gasteiger partial charge in [-0.05, 0) is 29.8 Å². The van der Waals surface area contributed by atoms with Gasteiger partial charge in [0.05, 0.1) is 0 Å². The highest BCUT2D eigenvalue weighted by Crippen LogP contribution is 2.13. The molecule has 114 valence electrons. The van der Waals surface area contributed by atoms with E-state index in [1.54, 1.807) is 30.3 Å². The van der Waals surface area contributed by atoms with Gasteiger partial charge in [-0.15, -0.1) is 0 Å². The molecule has 22 heavy (non-hydrogen) atoms. The Balaban J connectivity index is 1.94. The fourth-order valence-electron chi connectivity index (χ4n) is 1.85. The second kappa shape index (κ2) is 7.21. The highest BCUT2D eigenvalue weighted by molar-refractivity contribution is 5.88. The van der Waals surface area contributed by atoms with Crippen molar-refractivity contribution in [2.24, 2.45) is 5.73 Å². The molecule has 0 aliphatic rings. The van der Waals surface area contributed by atoms with Gasteiger partial charge in [-0.2, -0.15) is 0 Å². The van der Waals surface area contributed by atoms with E-state index in [1.165, 1.54) is 24.3 Å². The zero-order chi connectivity index (χ0) is 15.9. The van der Waals surface area contributed by atoms with Crippen molar-refractivity contribution in [1.82, 2.24) is 5.32 Å². The maximum atomic E-state index is 12.7. The number of primary amides is 1. The molecule has 0 aromatic heterocycles. The van der Waals surface area contributed by atoms with Gasteiger partial charge in [0.15, 0.2) is 6.61 Å². The number of ether oxygens (including phenoxy) is 1.